The molecule has 0 bridgehead atoms. The van der Waals surface area contributed by atoms with Gasteiger partial charge in [0, 0.05) is 6.07 Å². The van der Waals surface area contributed by atoms with Crippen molar-refractivity contribution in [1.29, 1.82) is 0 Å². The SMILES string of the molecule is Cc1ccc(C)c(-n2nnnc2S[C@H](C)C(=O)Nc2ccc(F)cc2F)c1. The molecule has 1 aromatic heterocycles. The molecule has 9 heteroatoms. The number of anilines is 1. The number of hydrogen-bond acceptors (Lipinski definition) is 5. The number of thioether (sulfide) groups is 1. The number of halogens is 2. The molecule has 140 valence electrons. The molecule has 27 heavy (non-hydrogen) atoms. The zero-order valence-corrected chi connectivity index (χ0v) is 15.7. The molecule has 0 saturated carbocycles. The summed E-state index contributed by atoms with van der Waals surface area (Å²) in [4.78, 5) is 12.4. The number of aromatic nitrogens is 4. The Morgan fingerprint density at radius 2 is 1.96 bits per heavy atom. The highest BCUT2D eigenvalue weighted by Crippen LogP contribution is 2.26. The molecule has 0 aliphatic rings. The molecule has 0 aliphatic heterocycles. The van der Waals surface area contributed by atoms with E-state index in [9.17, 15) is 13.6 Å². The third-order valence-electron chi connectivity index (χ3n) is 3.87. The van der Waals surface area contributed by atoms with E-state index in [1.54, 1.807) is 11.6 Å². The van der Waals surface area contributed by atoms with Crippen LogP contribution in [0.2, 0.25) is 0 Å². The van der Waals surface area contributed by atoms with Gasteiger partial charge in [0.15, 0.2) is 0 Å². The van der Waals surface area contributed by atoms with Crippen molar-refractivity contribution >= 4 is 23.4 Å². The molecule has 1 amide bonds. The number of benzene rings is 2. The van der Waals surface area contributed by atoms with Crippen LogP contribution in [0.1, 0.15) is 18.1 Å². The van der Waals surface area contributed by atoms with Crippen molar-refractivity contribution in [2.75, 3.05) is 5.32 Å². The number of carbonyl (C=O) groups excluding carboxylic acids is 1. The fourth-order valence-corrected chi connectivity index (χ4v) is 3.19. The summed E-state index contributed by atoms with van der Waals surface area (Å²) in [6.07, 6.45) is 0. The van der Waals surface area contributed by atoms with Crippen LogP contribution in [-0.4, -0.2) is 31.4 Å². The van der Waals surface area contributed by atoms with Gasteiger partial charge in [0.25, 0.3) is 0 Å². The van der Waals surface area contributed by atoms with Crippen LogP contribution in [0.4, 0.5) is 14.5 Å². The molecule has 0 radical (unpaired) electrons. The van der Waals surface area contributed by atoms with E-state index in [0.717, 1.165) is 34.6 Å². The molecule has 3 aromatic rings. The van der Waals surface area contributed by atoms with E-state index in [1.807, 2.05) is 32.0 Å². The van der Waals surface area contributed by atoms with Crippen LogP contribution in [0.5, 0.6) is 0 Å². The molecule has 0 saturated heterocycles. The predicted molar refractivity (Wildman–Crippen MR) is 98.9 cm³/mol. The molecule has 0 aliphatic carbocycles. The van der Waals surface area contributed by atoms with Crippen molar-refractivity contribution in [1.82, 2.24) is 20.2 Å². The molecule has 1 atom stereocenters. The highest BCUT2D eigenvalue weighted by molar-refractivity contribution is 8.00. The first-order valence-electron chi connectivity index (χ1n) is 8.13. The molecular formula is C18H17F2N5OS. The topological polar surface area (TPSA) is 72.7 Å². The van der Waals surface area contributed by atoms with Gasteiger partial charge >= 0.3 is 0 Å². The summed E-state index contributed by atoms with van der Waals surface area (Å²) in [6.45, 7) is 5.56. The maximum Gasteiger partial charge on any atom is 0.237 e. The van der Waals surface area contributed by atoms with Gasteiger partial charge in [-0.15, -0.1) is 5.10 Å². The number of aryl methyl sites for hydroxylation is 2. The van der Waals surface area contributed by atoms with Gasteiger partial charge < -0.3 is 5.32 Å². The Balaban J connectivity index is 1.77. The zero-order chi connectivity index (χ0) is 19.6. The first-order chi connectivity index (χ1) is 12.8. The molecule has 0 unspecified atom stereocenters. The van der Waals surface area contributed by atoms with Crippen molar-refractivity contribution in [2.45, 2.75) is 31.2 Å². The van der Waals surface area contributed by atoms with Crippen LogP contribution < -0.4 is 5.32 Å². The van der Waals surface area contributed by atoms with Crippen molar-refractivity contribution < 1.29 is 13.6 Å². The lowest BCUT2D eigenvalue weighted by Gasteiger charge is -2.13. The molecule has 1 heterocycles. The van der Waals surface area contributed by atoms with E-state index in [0.29, 0.717) is 11.2 Å². The molecular weight excluding hydrogens is 372 g/mol. The second-order valence-corrected chi connectivity index (χ2v) is 7.34. The lowest BCUT2D eigenvalue weighted by molar-refractivity contribution is -0.115. The summed E-state index contributed by atoms with van der Waals surface area (Å²) < 4.78 is 28.3. The van der Waals surface area contributed by atoms with Crippen LogP contribution in [0, 0.1) is 25.5 Å². The number of tetrazole rings is 1. The second kappa shape index (κ2) is 7.83. The number of amides is 1. The Morgan fingerprint density at radius 1 is 1.19 bits per heavy atom. The van der Waals surface area contributed by atoms with Gasteiger partial charge in [-0.1, -0.05) is 23.9 Å². The number of hydrogen-bond donors (Lipinski definition) is 1. The maximum atomic E-state index is 13.7. The molecule has 0 fully saturated rings. The van der Waals surface area contributed by atoms with Gasteiger partial charge in [-0.05, 0) is 60.5 Å². The zero-order valence-electron chi connectivity index (χ0n) is 14.9. The van der Waals surface area contributed by atoms with Crippen LogP contribution in [0.3, 0.4) is 0 Å². The number of rotatable bonds is 5. The highest BCUT2D eigenvalue weighted by Gasteiger charge is 2.21. The van der Waals surface area contributed by atoms with Gasteiger partial charge in [-0.3, -0.25) is 4.79 Å². The molecule has 1 N–H and O–H groups in total. The lowest BCUT2D eigenvalue weighted by Crippen LogP contribution is -2.23. The van der Waals surface area contributed by atoms with E-state index in [2.05, 4.69) is 20.8 Å². The Morgan fingerprint density at radius 3 is 2.70 bits per heavy atom. The van der Waals surface area contributed by atoms with Crippen molar-refractivity contribution in [3.63, 3.8) is 0 Å². The van der Waals surface area contributed by atoms with Crippen molar-refractivity contribution in [3.05, 3.63) is 59.2 Å². The Labute approximate surface area is 159 Å². The van der Waals surface area contributed by atoms with E-state index in [-0.39, 0.29) is 5.69 Å². The number of nitrogens with one attached hydrogen (secondary N) is 1. The summed E-state index contributed by atoms with van der Waals surface area (Å²) in [5.74, 6) is -1.98. The Kier molecular flexibility index (Phi) is 5.50. The maximum absolute atomic E-state index is 13.7. The van der Waals surface area contributed by atoms with E-state index < -0.39 is 22.8 Å². The predicted octanol–water partition coefficient (Wildman–Crippen LogP) is 3.68. The minimum atomic E-state index is -0.833. The quantitative estimate of drug-likeness (QED) is 0.674. The van der Waals surface area contributed by atoms with Crippen molar-refractivity contribution in [2.24, 2.45) is 0 Å². The fourth-order valence-electron chi connectivity index (χ4n) is 2.39. The smallest absolute Gasteiger partial charge is 0.237 e. The third-order valence-corrected chi connectivity index (χ3v) is 4.91. The minimum absolute atomic E-state index is 0.0806. The average Bonchev–Trinajstić information content (AvgIpc) is 3.07. The van der Waals surface area contributed by atoms with Crippen LogP contribution in [0.25, 0.3) is 5.69 Å². The van der Waals surface area contributed by atoms with Crippen LogP contribution >= 0.6 is 11.8 Å². The lowest BCUT2D eigenvalue weighted by atomic mass is 10.1. The standard InChI is InChI=1S/C18H17F2N5OS/c1-10-4-5-11(2)16(8-10)25-18(22-23-24-25)27-12(3)17(26)21-15-7-6-13(19)9-14(15)20/h4-9,12H,1-3H3,(H,21,26)/t12-/m1/s1. The Hall–Kier alpha value is -2.81. The third kappa shape index (κ3) is 4.30. The van der Waals surface area contributed by atoms with Gasteiger partial charge in [-0.2, -0.15) is 4.68 Å². The van der Waals surface area contributed by atoms with Gasteiger partial charge in [0.1, 0.15) is 11.6 Å². The first-order valence-corrected chi connectivity index (χ1v) is 9.01. The number of nitrogens with zero attached hydrogens (tertiary/aromatic N) is 4. The highest BCUT2D eigenvalue weighted by atomic mass is 32.2. The van der Waals surface area contributed by atoms with E-state index >= 15 is 0 Å². The molecule has 2 aromatic carbocycles. The summed E-state index contributed by atoms with van der Waals surface area (Å²) in [5.41, 5.74) is 2.78. The van der Waals surface area contributed by atoms with Crippen LogP contribution in [0.15, 0.2) is 41.6 Å². The average molecular weight is 389 g/mol. The summed E-state index contributed by atoms with van der Waals surface area (Å²) in [5, 5.41) is 14.0. The fraction of sp³-hybridized carbons (Fsp3) is 0.222. The monoisotopic (exact) mass is 389 g/mol. The normalized spacial score (nSPS) is 12.0. The largest absolute Gasteiger partial charge is 0.323 e. The van der Waals surface area contributed by atoms with E-state index in [1.165, 1.54) is 6.07 Å². The van der Waals surface area contributed by atoms with Gasteiger partial charge in [-0.25, -0.2) is 8.78 Å². The van der Waals surface area contributed by atoms with Gasteiger partial charge in [0.05, 0.1) is 16.6 Å². The molecule has 0 spiro atoms. The second-order valence-electron chi connectivity index (χ2n) is 6.04. The van der Waals surface area contributed by atoms with Crippen molar-refractivity contribution in [3.8, 4) is 5.69 Å². The Bertz CT molecular complexity index is 992. The summed E-state index contributed by atoms with van der Waals surface area (Å²) >= 11 is 1.14. The van der Waals surface area contributed by atoms with E-state index in [4.69, 9.17) is 0 Å². The first kappa shape index (κ1) is 19.0. The van der Waals surface area contributed by atoms with Gasteiger partial charge in [0.2, 0.25) is 11.1 Å². The molecule has 6 nitrogen and oxygen atoms in total. The summed E-state index contributed by atoms with van der Waals surface area (Å²) in [7, 11) is 0. The van der Waals surface area contributed by atoms with Crippen LogP contribution in [-0.2, 0) is 4.79 Å². The summed E-state index contributed by atoms with van der Waals surface area (Å²) in [6, 6.07) is 8.89. The number of carbonyl (C=O) groups is 1. The minimum Gasteiger partial charge on any atom is -0.323 e. The molecule has 3 rings (SSSR count).